The first-order valence-corrected chi connectivity index (χ1v) is 8.73. The molecular formula is C15H20BrN7. The van der Waals surface area contributed by atoms with E-state index in [-0.39, 0.29) is 5.92 Å². The first-order valence-electron chi connectivity index (χ1n) is 7.93. The molecule has 4 rings (SSSR count). The van der Waals surface area contributed by atoms with Crippen molar-refractivity contribution in [3.8, 4) is 0 Å². The van der Waals surface area contributed by atoms with Crippen LogP contribution >= 0.6 is 15.9 Å². The molecule has 2 aliphatic rings. The SMILES string of the molecule is CN1CC(c2cnn3c(N)c(Br)c(C4CCCNC4)nc23)C=N1. The lowest BCUT2D eigenvalue weighted by Crippen LogP contribution is -2.29. The Labute approximate surface area is 143 Å². The number of nitrogen functional groups attached to an aromatic ring is 1. The number of nitrogens with two attached hydrogens (primary N) is 1. The predicted molar refractivity (Wildman–Crippen MR) is 93.8 cm³/mol. The standard InChI is InChI=1S/C15H20BrN7/c1-22-8-10(6-19-22)11-7-20-23-14(17)12(16)13(21-15(11)23)9-3-2-4-18-5-9/h6-7,9-10,18H,2-5,8,17H2,1H3. The molecule has 0 amide bonds. The highest BCUT2D eigenvalue weighted by molar-refractivity contribution is 9.10. The Balaban J connectivity index is 1.81. The fraction of sp³-hybridized carbons (Fsp3) is 0.533. The summed E-state index contributed by atoms with van der Waals surface area (Å²) in [6.07, 6.45) is 6.12. The molecule has 2 aromatic rings. The first-order chi connectivity index (χ1) is 11.1. The van der Waals surface area contributed by atoms with Crippen LogP contribution in [0.5, 0.6) is 0 Å². The van der Waals surface area contributed by atoms with Gasteiger partial charge in [-0.1, -0.05) is 0 Å². The molecule has 2 aromatic heterocycles. The summed E-state index contributed by atoms with van der Waals surface area (Å²) in [6, 6.07) is 0. The van der Waals surface area contributed by atoms with E-state index in [0.717, 1.165) is 53.9 Å². The zero-order valence-electron chi connectivity index (χ0n) is 13.0. The number of piperidine rings is 1. The number of hydrazone groups is 1. The number of nitrogens with zero attached hydrogens (tertiary/aromatic N) is 5. The van der Waals surface area contributed by atoms with Crippen molar-refractivity contribution in [3.63, 3.8) is 0 Å². The van der Waals surface area contributed by atoms with E-state index < -0.39 is 0 Å². The summed E-state index contributed by atoms with van der Waals surface area (Å²) in [5.74, 6) is 1.21. The molecule has 8 heteroatoms. The molecule has 3 N–H and O–H groups in total. The van der Waals surface area contributed by atoms with Crippen LogP contribution in [0.3, 0.4) is 0 Å². The van der Waals surface area contributed by atoms with E-state index in [1.54, 1.807) is 4.52 Å². The maximum absolute atomic E-state index is 6.31. The molecule has 4 heterocycles. The average molecular weight is 378 g/mol. The lowest BCUT2D eigenvalue weighted by atomic mass is 9.95. The Kier molecular flexibility index (Phi) is 3.73. The zero-order chi connectivity index (χ0) is 16.0. The summed E-state index contributed by atoms with van der Waals surface area (Å²) in [5, 5.41) is 14.1. The van der Waals surface area contributed by atoms with Gasteiger partial charge in [-0.05, 0) is 35.3 Å². The third kappa shape index (κ3) is 2.49. The lowest BCUT2D eigenvalue weighted by Gasteiger charge is -2.24. The number of hydrogen-bond acceptors (Lipinski definition) is 6. The van der Waals surface area contributed by atoms with Crippen molar-refractivity contribution in [1.82, 2.24) is 24.9 Å². The minimum absolute atomic E-state index is 0.211. The Bertz CT molecular complexity index is 763. The molecule has 2 aliphatic heterocycles. The van der Waals surface area contributed by atoms with Crippen LogP contribution in [0.2, 0.25) is 0 Å². The first kappa shape index (κ1) is 14.9. The van der Waals surface area contributed by atoms with Crippen molar-refractivity contribution in [2.45, 2.75) is 24.7 Å². The molecule has 23 heavy (non-hydrogen) atoms. The minimum atomic E-state index is 0.211. The molecule has 1 saturated heterocycles. The van der Waals surface area contributed by atoms with E-state index in [1.807, 2.05) is 24.5 Å². The number of halogens is 1. The zero-order valence-corrected chi connectivity index (χ0v) is 14.6. The molecule has 122 valence electrons. The van der Waals surface area contributed by atoms with Crippen molar-refractivity contribution < 1.29 is 0 Å². The van der Waals surface area contributed by atoms with E-state index in [4.69, 9.17) is 10.7 Å². The third-order valence-corrected chi connectivity index (χ3v) is 5.48. The van der Waals surface area contributed by atoms with Gasteiger partial charge in [0, 0.05) is 43.8 Å². The summed E-state index contributed by atoms with van der Waals surface area (Å²) in [4.78, 5) is 4.94. The summed E-state index contributed by atoms with van der Waals surface area (Å²) < 4.78 is 2.59. The van der Waals surface area contributed by atoms with Crippen LogP contribution < -0.4 is 11.1 Å². The maximum atomic E-state index is 6.31. The fourth-order valence-corrected chi connectivity index (χ4v) is 3.98. The largest absolute Gasteiger partial charge is 0.383 e. The van der Waals surface area contributed by atoms with Gasteiger partial charge in [-0.15, -0.1) is 0 Å². The Morgan fingerprint density at radius 2 is 2.30 bits per heavy atom. The van der Waals surface area contributed by atoms with Gasteiger partial charge in [-0.2, -0.15) is 14.7 Å². The minimum Gasteiger partial charge on any atom is -0.383 e. The highest BCUT2D eigenvalue weighted by atomic mass is 79.9. The quantitative estimate of drug-likeness (QED) is 0.829. The monoisotopic (exact) mass is 377 g/mol. The summed E-state index contributed by atoms with van der Waals surface area (Å²) >= 11 is 3.63. The second-order valence-electron chi connectivity index (χ2n) is 6.29. The van der Waals surface area contributed by atoms with Crippen LogP contribution in [0.4, 0.5) is 5.82 Å². The molecule has 2 unspecified atom stereocenters. The van der Waals surface area contributed by atoms with Gasteiger partial charge in [0.25, 0.3) is 0 Å². The number of rotatable bonds is 2. The number of nitrogens with one attached hydrogen (secondary N) is 1. The van der Waals surface area contributed by atoms with Crippen LogP contribution in [0.15, 0.2) is 15.8 Å². The number of fused-ring (bicyclic) bond motifs is 1. The predicted octanol–water partition coefficient (Wildman–Crippen LogP) is 1.56. The number of anilines is 1. The van der Waals surface area contributed by atoms with E-state index in [9.17, 15) is 0 Å². The van der Waals surface area contributed by atoms with Crippen molar-refractivity contribution in [3.05, 3.63) is 21.9 Å². The van der Waals surface area contributed by atoms with Crippen molar-refractivity contribution in [2.24, 2.45) is 5.10 Å². The Morgan fingerprint density at radius 1 is 1.43 bits per heavy atom. The van der Waals surface area contributed by atoms with Gasteiger partial charge in [0.05, 0.1) is 16.4 Å². The molecule has 1 fully saturated rings. The van der Waals surface area contributed by atoms with E-state index >= 15 is 0 Å². The number of hydrogen-bond donors (Lipinski definition) is 2. The summed E-state index contributed by atoms with van der Waals surface area (Å²) in [7, 11) is 1.97. The smallest absolute Gasteiger partial charge is 0.161 e. The number of aromatic nitrogens is 3. The fourth-order valence-electron chi connectivity index (χ4n) is 3.40. The van der Waals surface area contributed by atoms with E-state index in [2.05, 4.69) is 31.4 Å². The van der Waals surface area contributed by atoms with Crippen LogP contribution in [-0.4, -0.2) is 52.5 Å². The van der Waals surface area contributed by atoms with Crippen molar-refractivity contribution >= 4 is 33.6 Å². The second kappa shape index (κ2) is 5.76. The summed E-state index contributed by atoms with van der Waals surface area (Å²) in [6.45, 7) is 2.87. The van der Waals surface area contributed by atoms with Crippen LogP contribution in [0.25, 0.3) is 5.65 Å². The average Bonchev–Trinajstić information content (AvgIpc) is 3.17. The molecule has 0 radical (unpaired) electrons. The van der Waals surface area contributed by atoms with Gasteiger partial charge in [0.15, 0.2) is 5.65 Å². The normalized spacial score (nSPS) is 24.7. The molecule has 0 aliphatic carbocycles. The summed E-state index contributed by atoms with van der Waals surface area (Å²) in [5.41, 5.74) is 9.28. The number of likely N-dealkylation sites (N-methyl/N-ethyl adjacent to an activating group) is 1. The molecule has 0 aromatic carbocycles. The topological polar surface area (TPSA) is 83.8 Å². The third-order valence-electron chi connectivity index (χ3n) is 4.66. The molecule has 0 bridgehead atoms. The maximum Gasteiger partial charge on any atom is 0.161 e. The Hall–Kier alpha value is -1.67. The van der Waals surface area contributed by atoms with Gasteiger partial charge < -0.3 is 11.1 Å². The van der Waals surface area contributed by atoms with Gasteiger partial charge in [-0.25, -0.2) is 4.98 Å². The molecule has 0 saturated carbocycles. The molecule has 2 atom stereocenters. The highest BCUT2D eigenvalue weighted by Crippen LogP contribution is 2.34. The lowest BCUT2D eigenvalue weighted by molar-refractivity contribution is 0.381. The van der Waals surface area contributed by atoms with Crippen LogP contribution in [0.1, 0.15) is 35.9 Å². The molecular weight excluding hydrogens is 358 g/mol. The molecule has 0 spiro atoms. The highest BCUT2D eigenvalue weighted by Gasteiger charge is 2.26. The van der Waals surface area contributed by atoms with Gasteiger partial charge in [0.2, 0.25) is 0 Å². The van der Waals surface area contributed by atoms with E-state index in [0.29, 0.717) is 11.7 Å². The van der Waals surface area contributed by atoms with Crippen molar-refractivity contribution in [2.75, 3.05) is 32.4 Å². The van der Waals surface area contributed by atoms with Crippen LogP contribution in [-0.2, 0) is 0 Å². The van der Waals surface area contributed by atoms with Crippen LogP contribution in [0, 0.1) is 0 Å². The van der Waals surface area contributed by atoms with Gasteiger partial charge in [0.1, 0.15) is 5.82 Å². The second-order valence-corrected chi connectivity index (χ2v) is 7.08. The van der Waals surface area contributed by atoms with Crippen molar-refractivity contribution in [1.29, 1.82) is 0 Å². The molecule has 7 nitrogen and oxygen atoms in total. The van der Waals surface area contributed by atoms with E-state index in [1.165, 1.54) is 0 Å². The van der Waals surface area contributed by atoms with Gasteiger partial charge >= 0.3 is 0 Å². The van der Waals surface area contributed by atoms with Gasteiger partial charge in [-0.3, -0.25) is 5.01 Å². The Morgan fingerprint density at radius 3 is 3.00 bits per heavy atom.